The number of nitrogens with zero attached hydrogens (tertiary/aromatic N) is 1. The molecule has 1 heterocycles. The molecular formula is C8H7NS. The smallest absolute Gasteiger partial charge is 0.0787 e. The second-order valence-corrected chi connectivity index (χ2v) is 2.84. The largest absolute Gasteiger partial charge is 0.283 e. The molecule has 0 unspecified atom stereocenters. The maximum absolute atomic E-state index is 5.08. The summed E-state index contributed by atoms with van der Waals surface area (Å²) < 4.78 is 0. The Morgan fingerprint density at radius 2 is 2.40 bits per heavy atom. The summed E-state index contributed by atoms with van der Waals surface area (Å²) in [4.78, 5) is 5.19. The SMILES string of the molecule is S=C1C=CC=C2CCN=C12. The highest BCUT2D eigenvalue weighted by molar-refractivity contribution is 7.82. The van der Waals surface area contributed by atoms with Crippen LogP contribution in [0.3, 0.4) is 0 Å². The molecule has 2 aliphatic rings. The van der Waals surface area contributed by atoms with E-state index >= 15 is 0 Å². The van der Waals surface area contributed by atoms with Gasteiger partial charge in [-0.3, -0.25) is 4.99 Å². The molecule has 2 heteroatoms. The Bertz CT molecular complexity index is 271. The summed E-state index contributed by atoms with van der Waals surface area (Å²) in [6.07, 6.45) is 7.10. The fourth-order valence-corrected chi connectivity index (χ4v) is 1.51. The van der Waals surface area contributed by atoms with Crippen LogP contribution in [-0.2, 0) is 0 Å². The standard InChI is InChI=1S/C8H7NS/c10-7-3-1-2-6-4-5-9-8(6)7/h1-3H,4-5H2. The van der Waals surface area contributed by atoms with Gasteiger partial charge in [0.15, 0.2) is 0 Å². The van der Waals surface area contributed by atoms with Crippen LogP contribution in [0.2, 0.25) is 0 Å². The van der Waals surface area contributed by atoms with Gasteiger partial charge in [0.05, 0.1) is 10.6 Å². The Balaban J connectivity index is 2.48. The maximum Gasteiger partial charge on any atom is 0.0787 e. The lowest BCUT2D eigenvalue weighted by molar-refractivity contribution is 1.04. The van der Waals surface area contributed by atoms with E-state index in [-0.39, 0.29) is 0 Å². The summed E-state index contributed by atoms with van der Waals surface area (Å²) in [5.74, 6) is 0. The van der Waals surface area contributed by atoms with Gasteiger partial charge in [-0.1, -0.05) is 24.4 Å². The molecule has 0 amide bonds. The summed E-state index contributed by atoms with van der Waals surface area (Å²) >= 11 is 5.08. The van der Waals surface area contributed by atoms with Crippen molar-refractivity contribution in [3.05, 3.63) is 23.8 Å². The van der Waals surface area contributed by atoms with E-state index in [0.29, 0.717) is 0 Å². The first-order valence-corrected chi connectivity index (χ1v) is 3.75. The minimum atomic E-state index is 0.898. The van der Waals surface area contributed by atoms with E-state index in [2.05, 4.69) is 11.1 Å². The van der Waals surface area contributed by atoms with Gasteiger partial charge in [-0.15, -0.1) is 0 Å². The Labute approximate surface area is 65.2 Å². The Kier molecular flexibility index (Phi) is 1.27. The van der Waals surface area contributed by atoms with Crippen LogP contribution in [0.25, 0.3) is 0 Å². The predicted octanol–water partition coefficient (Wildman–Crippen LogP) is 1.70. The van der Waals surface area contributed by atoms with E-state index in [1.165, 1.54) is 5.57 Å². The van der Waals surface area contributed by atoms with Gasteiger partial charge >= 0.3 is 0 Å². The molecule has 0 aromatic heterocycles. The van der Waals surface area contributed by atoms with E-state index in [1.54, 1.807) is 0 Å². The molecule has 0 saturated carbocycles. The Hall–Kier alpha value is -0.760. The molecule has 50 valence electrons. The van der Waals surface area contributed by atoms with Crippen molar-refractivity contribution >= 4 is 22.8 Å². The minimum Gasteiger partial charge on any atom is -0.283 e. The van der Waals surface area contributed by atoms with Crippen molar-refractivity contribution in [2.75, 3.05) is 6.54 Å². The van der Waals surface area contributed by atoms with Crippen molar-refractivity contribution in [3.63, 3.8) is 0 Å². The monoisotopic (exact) mass is 149 g/mol. The van der Waals surface area contributed by atoms with E-state index in [1.807, 2.05) is 12.2 Å². The molecule has 0 radical (unpaired) electrons. The topological polar surface area (TPSA) is 12.4 Å². The van der Waals surface area contributed by atoms with Crippen LogP contribution >= 0.6 is 12.2 Å². The fraction of sp³-hybridized carbons (Fsp3) is 0.250. The molecule has 0 aromatic rings. The van der Waals surface area contributed by atoms with Gasteiger partial charge in [-0.25, -0.2) is 0 Å². The van der Waals surface area contributed by atoms with Crippen molar-refractivity contribution < 1.29 is 0 Å². The molecule has 1 aliphatic carbocycles. The summed E-state index contributed by atoms with van der Waals surface area (Å²) in [6, 6.07) is 0. The second kappa shape index (κ2) is 2.13. The van der Waals surface area contributed by atoms with Crippen LogP contribution in [-0.4, -0.2) is 17.1 Å². The lowest BCUT2D eigenvalue weighted by Crippen LogP contribution is -2.10. The summed E-state index contributed by atoms with van der Waals surface area (Å²) in [6.45, 7) is 0.920. The van der Waals surface area contributed by atoms with Crippen LogP contribution in [0.5, 0.6) is 0 Å². The molecule has 2 rings (SSSR count). The third-order valence-corrected chi connectivity index (χ3v) is 2.06. The zero-order valence-electron chi connectivity index (χ0n) is 5.50. The first-order valence-electron chi connectivity index (χ1n) is 3.34. The number of aliphatic imine (C=N–C) groups is 1. The number of fused-ring (bicyclic) bond motifs is 1. The first-order chi connectivity index (χ1) is 4.88. The van der Waals surface area contributed by atoms with Gasteiger partial charge in [0, 0.05) is 6.54 Å². The van der Waals surface area contributed by atoms with E-state index < -0.39 is 0 Å². The van der Waals surface area contributed by atoms with Crippen LogP contribution in [0.4, 0.5) is 0 Å². The lowest BCUT2D eigenvalue weighted by atomic mass is 10.0. The maximum atomic E-state index is 5.08. The Morgan fingerprint density at radius 1 is 1.50 bits per heavy atom. The minimum absolute atomic E-state index is 0.898. The highest BCUT2D eigenvalue weighted by Gasteiger charge is 2.17. The number of allylic oxidation sites excluding steroid dienone is 3. The van der Waals surface area contributed by atoms with Gasteiger partial charge in [0.25, 0.3) is 0 Å². The van der Waals surface area contributed by atoms with Gasteiger partial charge in [0.2, 0.25) is 0 Å². The molecular weight excluding hydrogens is 142 g/mol. The number of rotatable bonds is 0. The van der Waals surface area contributed by atoms with Crippen LogP contribution in [0.1, 0.15) is 6.42 Å². The molecule has 0 fully saturated rings. The molecule has 1 nitrogen and oxygen atoms in total. The van der Waals surface area contributed by atoms with E-state index in [9.17, 15) is 0 Å². The number of hydrogen-bond acceptors (Lipinski definition) is 2. The summed E-state index contributed by atoms with van der Waals surface area (Å²) in [5.41, 5.74) is 2.37. The molecule has 0 N–H and O–H groups in total. The van der Waals surface area contributed by atoms with Crippen molar-refractivity contribution in [2.45, 2.75) is 6.42 Å². The molecule has 10 heavy (non-hydrogen) atoms. The number of thiocarbonyl (C=S) groups is 1. The molecule has 0 bridgehead atoms. The zero-order chi connectivity index (χ0) is 6.97. The molecule has 0 saturated heterocycles. The second-order valence-electron chi connectivity index (χ2n) is 2.40. The molecule has 1 aliphatic heterocycles. The number of hydrogen-bond donors (Lipinski definition) is 0. The van der Waals surface area contributed by atoms with Crippen molar-refractivity contribution in [1.82, 2.24) is 0 Å². The summed E-state index contributed by atoms with van der Waals surface area (Å²) in [5, 5.41) is 0. The first kappa shape index (κ1) is 5.98. The van der Waals surface area contributed by atoms with E-state index in [4.69, 9.17) is 12.2 Å². The van der Waals surface area contributed by atoms with Crippen LogP contribution < -0.4 is 0 Å². The van der Waals surface area contributed by atoms with Gasteiger partial charge in [0.1, 0.15) is 0 Å². The third-order valence-electron chi connectivity index (χ3n) is 1.73. The van der Waals surface area contributed by atoms with Gasteiger partial charge < -0.3 is 0 Å². The molecule has 0 spiro atoms. The zero-order valence-corrected chi connectivity index (χ0v) is 6.32. The van der Waals surface area contributed by atoms with Crippen LogP contribution in [0, 0.1) is 0 Å². The highest BCUT2D eigenvalue weighted by atomic mass is 32.1. The van der Waals surface area contributed by atoms with Gasteiger partial charge in [-0.2, -0.15) is 0 Å². The van der Waals surface area contributed by atoms with E-state index in [0.717, 1.165) is 23.5 Å². The summed E-state index contributed by atoms with van der Waals surface area (Å²) in [7, 11) is 0. The molecule has 0 atom stereocenters. The highest BCUT2D eigenvalue weighted by Crippen LogP contribution is 2.17. The van der Waals surface area contributed by atoms with Crippen LogP contribution in [0.15, 0.2) is 28.8 Å². The normalized spacial score (nSPS) is 22.2. The third kappa shape index (κ3) is 0.762. The van der Waals surface area contributed by atoms with Crippen molar-refractivity contribution in [1.29, 1.82) is 0 Å². The predicted molar refractivity (Wildman–Crippen MR) is 46.7 cm³/mol. The lowest BCUT2D eigenvalue weighted by Gasteiger charge is -2.03. The Morgan fingerprint density at radius 3 is 3.20 bits per heavy atom. The van der Waals surface area contributed by atoms with Crippen molar-refractivity contribution in [3.8, 4) is 0 Å². The van der Waals surface area contributed by atoms with Crippen molar-refractivity contribution in [2.24, 2.45) is 4.99 Å². The average Bonchev–Trinajstić information content (AvgIpc) is 2.36. The molecule has 0 aromatic carbocycles. The van der Waals surface area contributed by atoms with Gasteiger partial charge in [-0.05, 0) is 18.1 Å². The average molecular weight is 149 g/mol. The quantitative estimate of drug-likeness (QED) is 0.477. The fourth-order valence-electron chi connectivity index (χ4n) is 1.24.